The summed E-state index contributed by atoms with van der Waals surface area (Å²) >= 11 is 0. The molecule has 0 radical (unpaired) electrons. The Morgan fingerprint density at radius 1 is 1.32 bits per heavy atom. The van der Waals surface area contributed by atoms with Crippen LogP contribution in [0.15, 0.2) is 18.2 Å². The van der Waals surface area contributed by atoms with Crippen LogP contribution in [0.4, 0.5) is 4.39 Å². The Balaban J connectivity index is 2.10. The van der Waals surface area contributed by atoms with Gasteiger partial charge in [-0.1, -0.05) is 19.9 Å². The second kappa shape index (κ2) is 5.49. The van der Waals surface area contributed by atoms with Crippen molar-refractivity contribution >= 4 is 0 Å². The molecule has 1 aliphatic rings. The minimum atomic E-state index is -0.253. The third kappa shape index (κ3) is 3.27. The minimum absolute atomic E-state index is 0.206. The molecule has 19 heavy (non-hydrogen) atoms. The van der Waals surface area contributed by atoms with Crippen molar-refractivity contribution in [2.24, 2.45) is 17.1 Å². The smallest absolute Gasteiger partial charge is 0.131 e. The van der Waals surface area contributed by atoms with Crippen molar-refractivity contribution in [1.82, 2.24) is 0 Å². The van der Waals surface area contributed by atoms with Crippen LogP contribution in [0.25, 0.3) is 0 Å². The Hall–Kier alpha value is -1.09. The third-order valence-corrected chi connectivity index (χ3v) is 4.46. The maximum Gasteiger partial charge on any atom is 0.131 e. The highest BCUT2D eigenvalue weighted by Gasteiger charge is 2.31. The van der Waals surface area contributed by atoms with E-state index in [0.717, 1.165) is 12.8 Å². The number of halogens is 1. The van der Waals surface area contributed by atoms with Gasteiger partial charge in [0.1, 0.15) is 11.6 Å². The molecule has 1 aromatic carbocycles. The minimum Gasteiger partial charge on any atom is -0.497 e. The first-order chi connectivity index (χ1) is 8.93. The molecule has 2 nitrogen and oxygen atoms in total. The lowest BCUT2D eigenvalue weighted by Crippen LogP contribution is -2.29. The van der Waals surface area contributed by atoms with Gasteiger partial charge in [0.15, 0.2) is 0 Å². The van der Waals surface area contributed by atoms with E-state index in [2.05, 4.69) is 13.8 Å². The summed E-state index contributed by atoms with van der Waals surface area (Å²) in [7, 11) is 1.54. The Kier molecular flexibility index (Phi) is 4.14. The van der Waals surface area contributed by atoms with Crippen LogP contribution in [0.3, 0.4) is 0 Å². The van der Waals surface area contributed by atoms with Gasteiger partial charge in [-0.2, -0.15) is 0 Å². The van der Waals surface area contributed by atoms with Gasteiger partial charge in [0.25, 0.3) is 0 Å². The molecular formula is C16H24FNO. The average Bonchev–Trinajstić information content (AvgIpc) is 2.37. The van der Waals surface area contributed by atoms with Crippen molar-refractivity contribution in [2.45, 2.75) is 45.6 Å². The average molecular weight is 265 g/mol. The molecule has 1 atom stereocenters. The van der Waals surface area contributed by atoms with Gasteiger partial charge in [-0.3, -0.25) is 0 Å². The van der Waals surface area contributed by atoms with E-state index in [-0.39, 0.29) is 11.9 Å². The second-order valence-corrected chi connectivity index (χ2v) is 6.41. The fourth-order valence-corrected chi connectivity index (χ4v) is 2.94. The lowest BCUT2D eigenvalue weighted by atomic mass is 9.70. The number of rotatable bonds is 3. The lowest BCUT2D eigenvalue weighted by Gasteiger charge is -2.37. The van der Waals surface area contributed by atoms with Crippen molar-refractivity contribution in [2.75, 3.05) is 7.11 Å². The molecule has 3 heteroatoms. The van der Waals surface area contributed by atoms with Gasteiger partial charge in [0, 0.05) is 17.7 Å². The predicted octanol–water partition coefficient (Wildman–Crippen LogP) is 4.05. The Morgan fingerprint density at radius 2 is 1.95 bits per heavy atom. The first-order valence-electron chi connectivity index (χ1n) is 7.02. The molecule has 0 saturated heterocycles. The first-order valence-corrected chi connectivity index (χ1v) is 7.02. The molecule has 1 saturated carbocycles. The molecule has 2 rings (SSSR count). The quantitative estimate of drug-likeness (QED) is 0.894. The van der Waals surface area contributed by atoms with Crippen LogP contribution in [0.5, 0.6) is 5.75 Å². The van der Waals surface area contributed by atoms with E-state index in [1.165, 1.54) is 26.0 Å². The molecule has 1 aromatic rings. The summed E-state index contributed by atoms with van der Waals surface area (Å²) in [6, 6.07) is 4.76. The Labute approximate surface area is 115 Å². The molecule has 0 amide bonds. The molecule has 0 aliphatic heterocycles. The van der Waals surface area contributed by atoms with E-state index in [0.29, 0.717) is 22.6 Å². The highest BCUT2D eigenvalue weighted by molar-refractivity contribution is 5.31. The van der Waals surface area contributed by atoms with Gasteiger partial charge in [-0.25, -0.2) is 4.39 Å². The van der Waals surface area contributed by atoms with Gasteiger partial charge in [-0.05, 0) is 43.1 Å². The predicted molar refractivity (Wildman–Crippen MR) is 75.6 cm³/mol. The molecule has 0 aromatic heterocycles. The molecule has 0 heterocycles. The topological polar surface area (TPSA) is 35.2 Å². The summed E-state index contributed by atoms with van der Waals surface area (Å²) in [4.78, 5) is 0. The summed E-state index contributed by atoms with van der Waals surface area (Å²) in [5.74, 6) is 0.672. The summed E-state index contributed by atoms with van der Waals surface area (Å²) in [6.07, 6.45) is 4.51. The molecule has 1 aliphatic carbocycles. The molecule has 1 fully saturated rings. The second-order valence-electron chi connectivity index (χ2n) is 6.41. The van der Waals surface area contributed by atoms with E-state index in [4.69, 9.17) is 10.5 Å². The summed E-state index contributed by atoms with van der Waals surface area (Å²) in [5.41, 5.74) is 7.30. The first kappa shape index (κ1) is 14.3. The Morgan fingerprint density at radius 3 is 2.47 bits per heavy atom. The summed E-state index contributed by atoms with van der Waals surface area (Å²) in [6.45, 7) is 4.59. The van der Waals surface area contributed by atoms with Crippen LogP contribution in [-0.4, -0.2) is 7.11 Å². The fraction of sp³-hybridized carbons (Fsp3) is 0.625. The number of hydrogen-bond acceptors (Lipinski definition) is 2. The van der Waals surface area contributed by atoms with Crippen molar-refractivity contribution in [3.63, 3.8) is 0 Å². The SMILES string of the molecule is COc1ccc(C(N)C2CCC(C)(C)CC2)c(F)c1. The number of benzene rings is 1. The van der Waals surface area contributed by atoms with Gasteiger partial charge < -0.3 is 10.5 Å². The molecule has 0 bridgehead atoms. The summed E-state index contributed by atoms with van der Waals surface area (Å²) in [5, 5.41) is 0. The molecular weight excluding hydrogens is 241 g/mol. The largest absolute Gasteiger partial charge is 0.497 e. The van der Waals surface area contributed by atoms with Gasteiger partial charge in [0.2, 0.25) is 0 Å². The van der Waals surface area contributed by atoms with Crippen LogP contribution in [-0.2, 0) is 0 Å². The van der Waals surface area contributed by atoms with E-state index in [1.807, 2.05) is 0 Å². The van der Waals surface area contributed by atoms with Gasteiger partial charge >= 0.3 is 0 Å². The fourth-order valence-electron chi connectivity index (χ4n) is 2.94. The number of methoxy groups -OCH3 is 1. The zero-order valence-corrected chi connectivity index (χ0v) is 12.1. The molecule has 2 N–H and O–H groups in total. The van der Waals surface area contributed by atoms with Crippen molar-refractivity contribution in [1.29, 1.82) is 0 Å². The van der Waals surface area contributed by atoms with Crippen LogP contribution >= 0.6 is 0 Å². The van der Waals surface area contributed by atoms with Crippen LogP contribution < -0.4 is 10.5 Å². The van der Waals surface area contributed by atoms with Gasteiger partial charge in [-0.15, -0.1) is 0 Å². The highest BCUT2D eigenvalue weighted by atomic mass is 19.1. The maximum atomic E-state index is 14.0. The lowest BCUT2D eigenvalue weighted by molar-refractivity contribution is 0.172. The number of ether oxygens (including phenoxy) is 1. The van der Waals surface area contributed by atoms with E-state index < -0.39 is 0 Å². The van der Waals surface area contributed by atoms with Crippen LogP contribution in [0, 0.1) is 17.2 Å². The van der Waals surface area contributed by atoms with Gasteiger partial charge in [0.05, 0.1) is 7.11 Å². The van der Waals surface area contributed by atoms with Crippen molar-refractivity contribution in [3.05, 3.63) is 29.6 Å². The molecule has 106 valence electrons. The molecule has 0 spiro atoms. The highest BCUT2D eigenvalue weighted by Crippen LogP contribution is 2.42. The molecule has 1 unspecified atom stereocenters. The van der Waals surface area contributed by atoms with Crippen molar-refractivity contribution < 1.29 is 9.13 Å². The zero-order valence-electron chi connectivity index (χ0n) is 12.1. The van der Waals surface area contributed by atoms with E-state index in [1.54, 1.807) is 12.1 Å². The Bertz CT molecular complexity index is 434. The monoisotopic (exact) mass is 265 g/mol. The number of hydrogen-bond donors (Lipinski definition) is 1. The summed E-state index contributed by atoms with van der Waals surface area (Å²) < 4.78 is 19.1. The zero-order chi connectivity index (χ0) is 14.0. The van der Waals surface area contributed by atoms with Crippen LogP contribution in [0.1, 0.15) is 51.1 Å². The van der Waals surface area contributed by atoms with E-state index in [9.17, 15) is 4.39 Å². The normalized spacial score (nSPS) is 21.1. The third-order valence-electron chi connectivity index (χ3n) is 4.46. The van der Waals surface area contributed by atoms with E-state index >= 15 is 0 Å². The van der Waals surface area contributed by atoms with Crippen LogP contribution in [0.2, 0.25) is 0 Å². The number of nitrogens with two attached hydrogens (primary N) is 1. The standard InChI is InChI=1S/C16H24FNO/c1-16(2)8-6-11(7-9-16)15(18)13-5-4-12(19-3)10-14(13)17/h4-5,10-11,15H,6-9,18H2,1-3H3. The maximum absolute atomic E-state index is 14.0. The van der Waals surface area contributed by atoms with Crippen molar-refractivity contribution in [3.8, 4) is 5.75 Å².